The van der Waals surface area contributed by atoms with E-state index < -0.39 is 0 Å². The van der Waals surface area contributed by atoms with Crippen LogP contribution in [0.1, 0.15) is 49.0 Å². The van der Waals surface area contributed by atoms with Gasteiger partial charge in [0.05, 0.1) is 18.5 Å². The molecule has 0 unspecified atom stereocenters. The van der Waals surface area contributed by atoms with Crippen LogP contribution < -0.4 is 5.32 Å². The Bertz CT molecular complexity index is 513. The van der Waals surface area contributed by atoms with Crippen LogP contribution in [0, 0.1) is 5.41 Å². The van der Waals surface area contributed by atoms with Crippen molar-refractivity contribution in [2.45, 2.75) is 44.6 Å². The number of aromatic nitrogens is 2. The number of aliphatic hydroxyl groups excluding tert-OH is 1. The maximum absolute atomic E-state index is 12.5. The number of carbonyl (C=O) groups is 1. The summed E-state index contributed by atoms with van der Waals surface area (Å²) >= 11 is 0. The lowest BCUT2D eigenvalue weighted by molar-refractivity contribution is 0.0166. The summed E-state index contributed by atoms with van der Waals surface area (Å²) in [6.45, 7) is 1.56. The van der Waals surface area contributed by atoms with Gasteiger partial charge in [0.15, 0.2) is 0 Å². The largest absolute Gasteiger partial charge is 0.393 e. The summed E-state index contributed by atoms with van der Waals surface area (Å²) in [6.07, 6.45) is 9.07. The number of aliphatic hydroxyl groups is 1. The fourth-order valence-electron chi connectivity index (χ4n) is 3.63. The average Bonchev–Trinajstić information content (AvgIpc) is 2.58. The molecule has 1 spiro atoms. The van der Waals surface area contributed by atoms with Gasteiger partial charge in [0, 0.05) is 20.1 Å². The van der Waals surface area contributed by atoms with E-state index in [1.807, 2.05) is 4.90 Å². The fraction of sp³-hybridized carbons (Fsp3) is 0.688. The number of likely N-dealkylation sites (tertiary alicyclic amines) is 1. The van der Waals surface area contributed by atoms with Gasteiger partial charge in [0.25, 0.3) is 5.91 Å². The Morgan fingerprint density at radius 2 is 1.91 bits per heavy atom. The molecular weight excluding hydrogens is 280 g/mol. The molecule has 0 atom stereocenters. The third kappa shape index (κ3) is 3.06. The van der Waals surface area contributed by atoms with Gasteiger partial charge in [-0.1, -0.05) is 0 Å². The van der Waals surface area contributed by atoms with E-state index in [4.69, 9.17) is 0 Å². The van der Waals surface area contributed by atoms with Crippen LogP contribution in [0.15, 0.2) is 12.4 Å². The van der Waals surface area contributed by atoms with Crippen molar-refractivity contribution >= 4 is 11.7 Å². The Morgan fingerprint density at radius 1 is 1.23 bits per heavy atom. The van der Waals surface area contributed by atoms with Gasteiger partial charge >= 0.3 is 0 Å². The quantitative estimate of drug-likeness (QED) is 0.869. The van der Waals surface area contributed by atoms with Gasteiger partial charge in [-0.2, -0.15) is 0 Å². The zero-order valence-corrected chi connectivity index (χ0v) is 13.1. The molecule has 0 radical (unpaired) electrons. The molecule has 2 fully saturated rings. The Balaban J connectivity index is 1.59. The molecule has 3 rings (SSSR count). The topological polar surface area (TPSA) is 78.4 Å². The van der Waals surface area contributed by atoms with Crippen LogP contribution in [0.25, 0.3) is 0 Å². The Labute approximate surface area is 131 Å². The second-order valence-corrected chi connectivity index (χ2v) is 6.56. The first kappa shape index (κ1) is 15.2. The van der Waals surface area contributed by atoms with Crippen LogP contribution in [-0.4, -0.2) is 52.1 Å². The number of hydrogen-bond donors (Lipinski definition) is 2. The summed E-state index contributed by atoms with van der Waals surface area (Å²) in [5, 5.41) is 12.6. The normalized spacial score (nSPS) is 21.8. The Kier molecular flexibility index (Phi) is 4.29. The minimum absolute atomic E-state index is 0.0270. The van der Waals surface area contributed by atoms with Crippen molar-refractivity contribution in [2.75, 3.05) is 25.5 Å². The lowest BCUT2D eigenvalue weighted by Crippen LogP contribution is -2.45. The molecule has 0 aromatic carbocycles. The van der Waals surface area contributed by atoms with Gasteiger partial charge in [-0.15, -0.1) is 0 Å². The van der Waals surface area contributed by atoms with Gasteiger partial charge in [-0.3, -0.25) is 4.79 Å². The number of nitrogens with zero attached hydrogens (tertiary/aromatic N) is 3. The molecule has 1 amide bonds. The second-order valence-electron chi connectivity index (χ2n) is 6.56. The minimum Gasteiger partial charge on any atom is -0.393 e. The molecular formula is C16H24N4O2. The fourth-order valence-corrected chi connectivity index (χ4v) is 3.63. The number of anilines is 1. The summed E-state index contributed by atoms with van der Waals surface area (Å²) in [5.41, 5.74) is 0.756. The highest BCUT2D eigenvalue weighted by atomic mass is 16.3. The molecule has 6 nitrogen and oxygen atoms in total. The zero-order chi connectivity index (χ0) is 15.6. The van der Waals surface area contributed by atoms with E-state index in [2.05, 4.69) is 15.3 Å². The highest BCUT2D eigenvalue weighted by molar-refractivity contribution is 5.92. The van der Waals surface area contributed by atoms with Crippen LogP contribution in [0.4, 0.5) is 5.82 Å². The molecule has 1 saturated carbocycles. The van der Waals surface area contributed by atoms with Crippen molar-refractivity contribution in [2.24, 2.45) is 5.41 Å². The first-order valence-electron chi connectivity index (χ1n) is 8.09. The van der Waals surface area contributed by atoms with Crippen molar-refractivity contribution in [3.8, 4) is 0 Å². The minimum atomic E-state index is -0.119. The zero-order valence-electron chi connectivity index (χ0n) is 13.1. The lowest BCUT2D eigenvalue weighted by atomic mass is 9.67. The van der Waals surface area contributed by atoms with Crippen LogP contribution in [0.3, 0.4) is 0 Å². The summed E-state index contributed by atoms with van der Waals surface area (Å²) < 4.78 is 0. The molecule has 120 valence electrons. The van der Waals surface area contributed by atoms with Crippen molar-refractivity contribution in [1.29, 1.82) is 0 Å². The maximum Gasteiger partial charge on any atom is 0.274 e. The Hall–Kier alpha value is -1.69. The number of hydrogen-bond acceptors (Lipinski definition) is 5. The smallest absolute Gasteiger partial charge is 0.274 e. The SMILES string of the molecule is CNc1cnc(C(=O)N2CCC3(CCC(O)CC3)CC2)cn1. The average molecular weight is 304 g/mol. The first-order chi connectivity index (χ1) is 10.6. The highest BCUT2D eigenvalue weighted by Crippen LogP contribution is 2.44. The van der Waals surface area contributed by atoms with Gasteiger partial charge in [-0.25, -0.2) is 9.97 Å². The molecule has 6 heteroatoms. The third-order valence-corrected chi connectivity index (χ3v) is 5.25. The summed E-state index contributed by atoms with van der Waals surface area (Å²) in [7, 11) is 1.77. The molecule has 22 heavy (non-hydrogen) atoms. The van der Waals surface area contributed by atoms with E-state index in [-0.39, 0.29) is 12.0 Å². The number of carbonyl (C=O) groups excluding carboxylic acids is 1. The van der Waals surface area contributed by atoms with E-state index >= 15 is 0 Å². The van der Waals surface area contributed by atoms with Crippen molar-refractivity contribution in [3.63, 3.8) is 0 Å². The van der Waals surface area contributed by atoms with Gasteiger partial charge in [-0.05, 0) is 43.9 Å². The van der Waals surface area contributed by atoms with Gasteiger partial charge in [0.2, 0.25) is 0 Å². The molecule has 1 aliphatic heterocycles. The standard InChI is InChI=1S/C16H24N4O2/c1-17-14-11-18-13(10-19-14)15(22)20-8-6-16(7-9-20)4-2-12(21)3-5-16/h10-12,21H,2-9H2,1H3,(H,17,19). The van der Waals surface area contributed by atoms with Crippen LogP contribution in [0.5, 0.6) is 0 Å². The summed E-state index contributed by atoms with van der Waals surface area (Å²) in [4.78, 5) is 22.7. The monoisotopic (exact) mass is 304 g/mol. The van der Waals surface area contributed by atoms with E-state index in [0.29, 0.717) is 16.9 Å². The number of rotatable bonds is 2. The molecule has 2 aliphatic rings. The highest BCUT2D eigenvalue weighted by Gasteiger charge is 2.38. The summed E-state index contributed by atoms with van der Waals surface area (Å²) in [5.74, 6) is 0.635. The molecule has 1 aliphatic carbocycles. The first-order valence-corrected chi connectivity index (χ1v) is 8.09. The molecule has 1 saturated heterocycles. The van der Waals surface area contributed by atoms with Crippen molar-refractivity contribution in [3.05, 3.63) is 18.1 Å². The van der Waals surface area contributed by atoms with Crippen molar-refractivity contribution < 1.29 is 9.90 Å². The predicted molar refractivity (Wildman–Crippen MR) is 83.6 cm³/mol. The van der Waals surface area contributed by atoms with Crippen LogP contribution >= 0.6 is 0 Å². The summed E-state index contributed by atoms with van der Waals surface area (Å²) in [6, 6.07) is 0. The van der Waals surface area contributed by atoms with Gasteiger partial charge in [0.1, 0.15) is 11.5 Å². The van der Waals surface area contributed by atoms with E-state index in [1.165, 1.54) is 6.20 Å². The van der Waals surface area contributed by atoms with E-state index in [0.717, 1.165) is 51.6 Å². The second kappa shape index (κ2) is 6.20. The molecule has 1 aromatic heterocycles. The predicted octanol–water partition coefficient (Wildman–Crippen LogP) is 1.68. The van der Waals surface area contributed by atoms with E-state index in [9.17, 15) is 9.90 Å². The number of nitrogens with one attached hydrogen (secondary N) is 1. The number of amides is 1. The molecule has 2 heterocycles. The molecule has 1 aromatic rings. The maximum atomic E-state index is 12.5. The molecule has 0 bridgehead atoms. The third-order valence-electron chi connectivity index (χ3n) is 5.25. The number of piperidine rings is 1. The van der Waals surface area contributed by atoms with Crippen LogP contribution in [-0.2, 0) is 0 Å². The lowest BCUT2D eigenvalue weighted by Gasteiger charge is -2.45. The van der Waals surface area contributed by atoms with Gasteiger partial charge < -0.3 is 15.3 Å². The van der Waals surface area contributed by atoms with E-state index in [1.54, 1.807) is 13.2 Å². The Morgan fingerprint density at radius 3 is 2.45 bits per heavy atom. The van der Waals surface area contributed by atoms with Crippen molar-refractivity contribution in [1.82, 2.24) is 14.9 Å². The van der Waals surface area contributed by atoms with Crippen LogP contribution in [0.2, 0.25) is 0 Å². The molecule has 2 N–H and O–H groups in total.